The normalized spacial score (nSPS) is 17.8. The second kappa shape index (κ2) is 7.25. The summed E-state index contributed by atoms with van der Waals surface area (Å²) in [5.74, 6) is 1.40. The molecule has 26 heavy (non-hydrogen) atoms. The van der Waals surface area contributed by atoms with Crippen molar-refractivity contribution < 1.29 is 19.0 Å². The molecule has 2 heterocycles. The number of nitrogens with zero attached hydrogens (tertiary/aromatic N) is 1. The van der Waals surface area contributed by atoms with E-state index in [4.69, 9.17) is 14.2 Å². The fourth-order valence-electron chi connectivity index (χ4n) is 3.25. The third kappa shape index (κ3) is 3.08. The first-order valence-electron chi connectivity index (χ1n) is 8.36. The molecule has 1 saturated heterocycles. The van der Waals surface area contributed by atoms with Gasteiger partial charge < -0.3 is 24.5 Å². The maximum atomic E-state index is 12.6. The number of pyridine rings is 1. The molecule has 0 bridgehead atoms. The van der Waals surface area contributed by atoms with Crippen LogP contribution in [0.2, 0.25) is 0 Å². The third-order valence-electron chi connectivity index (χ3n) is 4.73. The molecular formula is C18H23N3O5. The Hall–Kier alpha value is -2.74. The van der Waals surface area contributed by atoms with Crippen molar-refractivity contribution in [2.75, 3.05) is 34.4 Å². The minimum absolute atomic E-state index is 0.0301. The number of nitrogens with one attached hydrogen (secondary N) is 2. The van der Waals surface area contributed by atoms with Gasteiger partial charge in [-0.15, -0.1) is 0 Å². The van der Waals surface area contributed by atoms with Crippen molar-refractivity contribution in [3.8, 4) is 17.2 Å². The molecule has 1 aromatic heterocycles. The highest BCUT2D eigenvalue weighted by atomic mass is 16.5. The van der Waals surface area contributed by atoms with Crippen molar-refractivity contribution >= 4 is 16.8 Å². The highest BCUT2D eigenvalue weighted by Gasteiger charge is 2.26. The molecule has 1 aromatic carbocycles. The number of piperazine rings is 1. The minimum atomic E-state index is -0.286. The van der Waals surface area contributed by atoms with Crippen LogP contribution < -0.4 is 25.1 Å². The smallest absolute Gasteiger partial charge is 0.252 e. The molecule has 1 aliphatic rings. The predicted octanol–water partition coefficient (Wildman–Crippen LogP) is 0.874. The van der Waals surface area contributed by atoms with Gasteiger partial charge in [0.2, 0.25) is 11.7 Å². The van der Waals surface area contributed by atoms with Crippen LogP contribution in [0.5, 0.6) is 17.2 Å². The Bertz CT molecular complexity index is 893. The molecule has 2 N–H and O–H groups in total. The van der Waals surface area contributed by atoms with Gasteiger partial charge in [0.25, 0.3) is 5.56 Å². The molecule has 1 fully saturated rings. The van der Waals surface area contributed by atoms with Crippen molar-refractivity contribution in [1.29, 1.82) is 0 Å². The lowest BCUT2D eigenvalue weighted by atomic mass is 10.1. The number of hydrogen-bond acceptors (Lipinski definition) is 6. The molecule has 1 aliphatic heterocycles. The highest BCUT2D eigenvalue weighted by molar-refractivity contribution is 5.90. The fraction of sp³-hybridized carbons (Fsp3) is 0.444. The van der Waals surface area contributed by atoms with Crippen LogP contribution >= 0.6 is 0 Å². The number of methoxy groups -OCH3 is 3. The molecule has 8 heteroatoms. The second-order valence-corrected chi connectivity index (χ2v) is 6.17. The van der Waals surface area contributed by atoms with E-state index in [1.165, 1.54) is 14.2 Å². The number of aromatic nitrogens is 1. The third-order valence-corrected chi connectivity index (χ3v) is 4.73. The Morgan fingerprint density at radius 1 is 1.12 bits per heavy atom. The molecular weight excluding hydrogens is 338 g/mol. The lowest BCUT2D eigenvalue weighted by Crippen LogP contribution is -2.53. The van der Waals surface area contributed by atoms with Crippen molar-refractivity contribution in [3.05, 3.63) is 28.0 Å². The largest absolute Gasteiger partial charge is 0.493 e. The monoisotopic (exact) mass is 361 g/mol. The number of rotatable bonds is 5. The van der Waals surface area contributed by atoms with E-state index >= 15 is 0 Å². The van der Waals surface area contributed by atoms with E-state index in [2.05, 4.69) is 10.3 Å². The number of fused-ring (bicyclic) bond motifs is 1. The van der Waals surface area contributed by atoms with E-state index < -0.39 is 0 Å². The van der Waals surface area contributed by atoms with Gasteiger partial charge >= 0.3 is 0 Å². The van der Waals surface area contributed by atoms with E-state index in [1.807, 2.05) is 11.8 Å². The number of hydrogen-bond donors (Lipinski definition) is 2. The van der Waals surface area contributed by atoms with Crippen molar-refractivity contribution in [1.82, 2.24) is 15.2 Å². The van der Waals surface area contributed by atoms with Gasteiger partial charge in [0.15, 0.2) is 11.5 Å². The summed E-state index contributed by atoms with van der Waals surface area (Å²) in [5.41, 5.74) is 0.951. The Balaban J connectivity index is 2.09. The Morgan fingerprint density at radius 3 is 2.50 bits per heavy atom. The van der Waals surface area contributed by atoms with Crippen LogP contribution in [0.3, 0.4) is 0 Å². The first kappa shape index (κ1) is 18.1. The van der Waals surface area contributed by atoms with Crippen molar-refractivity contribution in [3.63, 3.8) is 0 Å². The second-order valence-electron chi connectivity index (χ2n) is 6.17. The summed E-state index contributed by atoms with van der Waals surface area (Å²) < 4.78 is 16.2. The van der Waals surface area contributed by atoms with Crippen LogP contribution in [0.1, 0.15) is 12.5 Å². The average Bonchev–Trinajstić information content (AvgIpc) is 2.64. The van der Waals surface area contributed by atoms with Gasteiger partial charge in [0.05, 0.1) is 32.9 Å². The van der Waals surface area contributed by atoms with Crippen LogP contribution in [-0.4, -0.2) is 56.3 Å². The quantitative estimate of drug-likeness (QED) is 0.821. The van der Waals surface area contributed by atoms with E-state index in [0.717, 1.165) is 0 Å². The number of aromatic amines is 1. The minimum Gasteiger partial charge on any atom is -0.493 e. The number of carbonyl (C=O) groups is 1. The molecule has 8 nitrogen and oxygen atoms in total. The molecule has 2 aromatic rings. The summed E-state index contributed by atoms with van der Waals surface area (Å²) in [7, 11) is 4.60. The molecule has 140 valence electrons. The van der Waals surface area contributed by atoms with Gasteiger partial charge in [-0.3, -0.25) is 14.5 Å². The van der Waals surface area contributed by atoms with Crippen LogP contribution in [0.4, 0.5) is 0 Å². The van der Waals surface area contributed by atoms with E-state index in [0.29, 0.717) is 53.3 Å². The Labute approximate surface area is 151 Å². The highest BCUT2D eigenvalue weighted by Crippen LogP contribution is 2.42. The summed E-state index contributed by atoms with van der Waals surface area (Å²) in [6, 6.07) is 3.21. The maximum Gasteiger partial charge on any atom is 0.252 e. The lowest BCUT2D eigenvalue weighted by molar-refractivity contribution is -0.128. The molecule has 0 unspecified atom stereocenters. The summed E-state index contributed by atoms with van der Waals surface area (Å²) in [6.07, 6.45) is 0. The van der Waals surface area contributed by atoms with Gasteiger partial charge in [0.1, 0.15) is 0 Å². The first-order valence-corrected chi connectivity index (χ1v) is 8.36. The van der Waals surface area contributed by atoms with Crippen LogP contribution in [0.15, 0.2) is 16.9 Å². The maximum absolute atomic E-state index is 12.6. The van der Waals surface area contributed by atoms with E-state index in [-0.39, 0.29) is 17.5 Å². The van der Waals surface area contributed by atoms with Crippen molar-refractivity contribution in [2.24, 2.45) is 0 Å². The van der Waals surface area contributed by atoms with Crippen molar-refractivity contribution in [2.45, 2.75) is 19.5 Å². The molecule has 3 rings (SSSR count). The molecule has 0 radical (unpaired) electrons. The molecule has 1 amide bonds. The molecule has 0 saturated carbocycles. The molecule has 0 aliphatic carbocycles. The van der Waals surface area contributed by atoms with Crippen LogP contribution in [0, 0.1) is 0 Å². The summed E-state index contributed by atoms with van der Waals surface area (Å²) >= 11 is 0. The SMILES string of the molecule is COc1cc2[nH]c(=O)c(CN3CCNC(=O)[C@H]3C)cc2c(OC)c1OC. The number of benzene rings is 1. The zero-order chi connectivity index (χ0) is 18.8. The van der Waals surface area contributed by atoms with Gasteiger partial charge in [-0.1, -0.05) is 0 Å². The first-order chi connectivity index (χ1) is 12.5. The summed E-state index contributed by atoms with van der Waals surface area (Å²) in [6.45, 7) is 3.46. The summed E-state index contributed by atoms with van der Waals surface area (Å²) in [4.78, 5) is 29.3. The molecule has 1 atom stereocenters. The number of ether oxygens (including phenoxy) is 3. The number of amides is 1. The standard InChI is InChI=1S/C18H23N3O5/c1-10-17(22)19-5-6-21(10)9-11-7-12-13(20-18(11)23)8-14(24-2)16(26-4)15(12)25-3/h7-8,10H,5-6,9H2,1-4H3,(H,19,22)(H,20,23)/t10-/m1/s1. The van der Waals surface area contributed by atoms with Gasteiger partial charge in [-0.2, -0.15) is 0 Å². The van der Waals surface area contributed by atoms with Crippen LogP contribution in [-0.2, 0) is 11.3 Å². The fourth-order valence-corrected chi connectivity index (χ4v) is 3.25. The summed E-state index contributed by atoms with van der Waals surface area (Å²) in [5, 5.41) is 3.54. The topological polar surface area (TPSA) is 92.9 Å². The zero-order valence-corrected chi connectivity index (χ0v) is 15.3. The molecule has 0 spiro atoms. The van der Waals surface area contributed by atoms with Gasteiger partial charge in [0, 0.05) is 36.7 Å². The number of carbonyl (C=O) groups excluding carboxylic acids is 1. The zero-order valence-electron chi connectivity index (χ0n) is 15.3. The average molecular weight is 361 g/mol. The van der Waals surface area contributed by atoms with Gasteiger partial charge in [-0.05, 0) is 13.0 Å². The van der Waals surface area contributed by atoms with Gasteiger partial charge in [-0.25, -0.2) is 0 Å². The lowest BCUT2D eigenvalue weighted by Gasteiger charge is -2.32. The van der Waals surface area contributed by atoms with E-state index in [1.54, 1.807) is 19.2 Å². The number of H-pyrrole nitrogens is 1. The van der Waals surface area contributed by atoms with E-state index in [9.17, 15) is 9.59 Å². The Morgan fingerprint density at radius 2 is 1.85 bits per heavy atom. The Kier molecular flexibility index (Phi) is 5.03. The predicted molar refractivity (Wildman–Crippen MR) is 97.1 cm³/mol. The van der Waals surface area contributed by atoms with Crippen LogP contribution in [0.25, 0.3) is 10.9 Å².